The van der Waals surface area contributed by atoms with Gasteiger partial charge in [-0.15, -0.1) is 0 Å². The zero-order chi connectivity index (χ0) is 23.3. The van der Waals surface area contributed by atoms with Crippen molar-refractivity contribution in [2.75, 3.05) is 36.8 Å². The van der Waals surface area contributed by atoms with Crippen LogP contribution in [-0.4, -0.2) is 46.5 Å². The maximum Gasteiger partial charge on any atom is 0.330 e. The summed E-state index contributed by atoms with van der Waals surface area (Å²) in [6.45, 7) is 8.70. The Labute approximate surface area is 189 Å². The average molecular weight is 442 g/mol. The van der Waals surface area contributed by atoms with Crippen molar-refractivity contribution in [2.45, 2.75) is 46.6 Å². The minimum absolute atomic E-state index is 0.0154. The van der Waals surface area contributed by atoms with Crippen LogP contribution >= 0.6 is 0 Å². The van der Waals surface area contributed by atoms with Crippen molar-refractivity contribution in [3.05, 3.63) is 56.7 Å². The summed E-state index contributed by atoms with van der Waals surface area (Å²) >= 11 is 0. The number of nitrogens with zero attached hydrogens (tertiary/aromatic N) is 3. The summed E-state index contributed by atoms with van der Waals surface area (Å²) in [4.78, 5) is 44.7. The predicted molar refractivity (Wildman–Crippen MR) is 128 cm³/mol. The van der Waals surface area contributed by atoms with Crippen molar-refractivity contribution in [2.24, 2.45) is 11.8 Å². The van der Waals surface area contributed by atoms with Crippen molar-refractivity contribution >= 4 is 17.4 Å². The number of carbonyl (C=O) groups excluding carboxylic acids is 1. The number of nitrogen functional groups attached to an aromatic ring is 1. The fourth-order valence-electron chi connectivity index (χ4n) is 4.35. The maximum atomic E-state index is 13.4. The fourth-order valence-corrected chi connectivity index (χ4v) is 4.35. The highest BCUT2D eigenvalue weighted by Crippen LogP contribution is 2.22. The van der Waals surface area contributed by atoms with E-state index in [0.29, 0.717) is 12.5 Å². The molecular formula is C24H35N5O3. The quantitative estimate of drug-likeness (QED) is 0.654. The average Bonchev–Trinajstić information content (AvgIpc) is 2.76. The summed E-state index contributed by atoms with van der Waals surface area (Å²) in [7, 11) is 0. The van der Waals surface area contributed by atoms with Crippen LogP contribution in [-0.2, 0) is 11.3 Å². The number of carbonyl (C=O) groups is 1. The highest BCUT2D eigenvalue weighted by molar-refractivity contribution is 5.96. The Morgan fingerprint density at radius 2 is 1.97 bits per heavy atom. The summed E-state index contributed by atoms with van der Waals surface area (Å²) in [6, 6.07) is 9.41. The standard InChI is InChI=1S/C24H35N5O3/c1-4-18-11-8-12-27(14-18)16-20(30)28(13-17(2)3)21-22(25)29(24(32)26-23(21)31)15-19-9-6-5-7-10-19/h5-7,9-10,17-18H,4,8,11-16,25H2,1-3H3,(H,26,31,32). The molecule has 0 radical (unpaired) electrons. The first-order valence-electron chi connectivity index (χ1n) is 11.5. The highest BCUT2D eigenvalue weighted by atomic mass is 16.2. The number of benzene rings is 1. The van der Waals surface area contributed by atoms with E-state index in [-0.39, 0.29) is 36.4 Å². The van der Waals surface area contributed by atoms with Gasteiger partial charge in [0.25, 0.3) is 5.56 Å². The van der Waals surface area contributed by atoms with Gasteiger partial charge in [0.15, 0.2) is 5.69 Å². The largest absolute Gasteiger partial charge is 0.383 e. The van der Waals surface area contributed by atoms with Crippen LogP contribution in [0.2, 0.25) is 0 Å². The van der Waals surface area contributed by atoms with E-state index < -0.39 is 11.2 Å². The van der Waals surface area contributed by atoms with Gasteiger partial charge >= 0.3 is 5.69 Å². The number of anilines is 2. The van der Waals surface area contributed by atoms with Crippen molar-refractivity contribution < 1.29 is 4.79 Å². The third kappa shape index (κ3) is 5.68. The highest BCUT2D eigenvalue weighted by Gasteiger charge is 2.28. The van der Waals surface area contributed by atoms with Gasteiger partial charge in [0.05, 0.1) is 13.1 Å². The molecule has 1 aromatic carbocycles. The Balaban J connectivity index is 1.94. The summed E-state index contributed by atoms with van der Waals surface area (Å²) in [6.07, 6.45) is 3.35. The molecule has 1 fully saturated rings. The maximum absolute atomic E-state index is 13.4. The molecule has 1 atom stereocenters. The Morgan fingerprint density at radius 1 is 1.25 bits per heavy atom. The van der Waals surface area contributed by atoms with Gasteiger partial charge in [0.2, 0.25) is 5.91 Å². The first kappa shape index (κ1) is 23.8. The van der Waals surface area contributed by atoms with Crippen LogP contribution in [0.1, 0.15) is 45.6 Å². The second-order valence-electron chi connectivity index (χ2n) is 9.11. The minimum Gasteiger partial charge on any atom is -0.383 e. The number of piperidine rings is 1. The summed E-state index contributed by atoms with van der Waals surface area (Å²) in [5, 5.41) is 0. The molecule has 1 aliphatic rings. The van der Waals surface area contributed by atoms with E-state index in [2.05, 4.69) is 16.8 Å². The second-order valence-corrected chi connectivity index (χ2v) is 9.11. The number of nitrogens with two attached hydrogens (primary N) is 1. The number of likely N-dealkylation sites (tertiary alicyclic amines) is 1. The molecule has 174 valence electrons. The Morgan fingerprint density at radius 3 is 2.62 bits per heavy atom. The van der Waals surface area contributed by atoms with Crippen LogP contribution in [0.25, 0.3) is 0 Å². The number of hydrogen-bond acceptors (Lipinski definition) is 5. The van der Waals surface area contributed by atoms with Gasteiger partial charge in [-0.25, -0.2) is 4.79 Å². The Hall–Kier alpha value is -2.87. The van der Waals surface area contributed by atoms with Crippen LogP contribution < -0.4 is 21.9 Å². The molecule has 1 aliphatic heterocycles. The van der Waals surface area contributed by atoms with E-state index in [1.54, 1.807) is 0 Å². The lowest BCUT2D eigenvalue weighted by Crippen LogP contribution is -2.48. The van der Waals surface area contributed by atoms with E-state index in [4.69, 9.17) is 5.73 Å². The molecule has 3 rings (SSSR count). The van der Waals surface area contributed by atoms with Gasteiger partial charge in [-0.3, -0.25) is 24.0 Å². The van der Waals surface area contributed by atoms with Gasteiger partial charge in [-0.05, 0) is 36.8 Å². The molecule has 3 N–H and O–H groups in total. The molecule has 8 nitrogen and oxygen atoms in total. The number of hydrogen-bond donors (Lipinski definition) is 2. The van der Waals surface area contributed by atoms with Gasteiger partial charge in [-0.1, -0.05) is 57.5 Å². The predicted octanol–water partition coefficient (Wildman–Crippen LogP) is 2.28. The zero-order valence-corrected chi connectivity index (χ0v) is 19.3. The molecule has 1 saturated heterocycles. The lowest BCUT2D eigenvalue weighted by atomic mass is 9.96. The van der Waals surface area contributed by atoms with Crippen LogP contribution in [0.3, 0.4) is 0 Å². The van der Waals surface area contributed by atoms with Crippen LogP contribution in [0, 0.1) is 11.8 Å². The Bertz CT molecular complexity index is 1030. The molecule has 2 aromatic rings. The van der Waals surface area contributed by atoms with Gasteiger partial charge < -0.3 is 10.6 Å². The van der Waals surface area contributed by atoms with Crippen molar-refractivity contribution in [1.82, 2.24) is 14.5 Å². The summed E-state index contributed by atoms with van der Waals surface area (Å²) < 4.78 is 1.32. The van der Waals surface area contributed by atoms with E-state index in [1.807, 2.05) is 44.2 Å². The molecule has 32 heavy (non-hydrogen) atoms. The number of rotatable bonds is 8. The molecule has 1 unspecified atom stereocenters. The third-order valence-electron chi connectivity index (χ3n) is 6.06. The lowest BCUT2D eigenvalue weighted by Gasteiger charge is -2.34. The number of amides is 1. The molecule has 0 spiro atoms. The second kappa shape index (κ2) is 10.6. The Kier molecular flexibility index (Phi) is 7.90. The summed E-state index contributed by atoms with van der Waals surface area (Å²) in [5.74, 6) is 0.563. The monoisotopic (exact) mass is 441 g/mol. The molecule has 8 heteroatoms. The topological polar surface area (TPSA) is 104 Å². The molecule has 0 bridgehead atoms. The minimum atomic E-state index is -0.629. The van der Waals surface area contributed by atoms with E-state index in [1.165, 1.54) is 15.9 Å². The van der Waals surface area contributed by atoms with E-state index >= 15 is 0 Å². The summed E-state index contributed by atoms with van der Waals surface area (Å²) in [5.41, 5.74) is 6.08. The van der Waals surface area contributed by atoms with Crippen LogP contribution in [0.4, 0.5) is 11.5 Å². The van der Waals surface area contributed by atoms with Crippen LogP contribution in [0.15, 0.2) is 39.9 Å². The molecule has 1 amide bonds. The van der Waals surface area contributed by atoms with Crippen molar-refractivity contribution in [3.8, 4) is 0 Å². The van der Waals surface area contributed by atoms with E-state index in [9.17, 15) is 14.4 Å². The molecular weight excluding hydrogens is 406 g/mol. The van der Waals surface area contributed by atoms with Crippen molar-refractivity contribution in [1.29, 1.82) is 0 Å². The number of nitrogens with one attached hydrogen (secondary N) is 1. The number of aromatic nitrogens is 2. The molecule has 2 heterocycles. The van der Waals surface area contributed by atoms with Gasteiger partial charge in [-0.2, -0.15) is 0 Å². The van der Waals surface area contributed by atoms with Crippen LogP contribution in [0.5, 0.6) is 0 Å². The van der Waals surface area contributed by atoms with Crippen molar-refractivity contribution in [3.63, 3.8) is 0 Å². The smallest absolute Gasteiger partial charge is 0.330 e. The SMILES string of the molecule is CCC1CCCN(CC(=O)N(CC(C)C)c2c(N)n(Cc3ccccc3)c(=O)[nH]c2=O)C1. The molecule has 1 aromatic heterocycles. The van der Waals surface area contributed by atoms with Gasteiger partial charge in [0.1, 0.15) is 5.82 Å². The molecule has 0 aliphatic carbocycles. The lowest BCUT2D eigenvalue weighted by molar-refractivity contribution is -0.120. The third-order valence-corrected chi connectivity index (χ3v) is 6.06. The van der Waals surface area contributed by atoms with Gasteiger partial charge in [0, 0.05) is 13.1 Å². The zero-order valence-electron chi connectivity index (χ0n) is 19.3. The fraction of sp³-hybridized carbons (Fsp3) is 0.542. The first-order chi connectivity index (χ1) is 15.3. The number of H-pyrrole nitrogens is 1. The van der Waals surface area contributed by atoms with E-state index in [0.717, 1.165) is 31.5 Å². The number of aromatic amines is 1. The molecule has 0 saturated carbocycles. The first-order valence-corrected chi connectivity index (χ1v) is 11.5. The normalized spacial score (nSPS) is 16.9.